The smallest absolute Gasteiger partial charge is 0.243 e. The van der Waals surface area contributed by atoms with Crippen LogP contribution in [-0.4, -0.2) is 36.3 Å². The average molecular weight is 196 g/mol. The van der Waals surface area contributed by atoms with Crippen LogP contribution in [0.2, 0.25) is 0 Å². The van der Waals surface area contributed by atoms with Gasteiger partial charge in [0.15, 0.2) is 0 Å². The predicted molar refractivity (Wildman–Crippen MR) is 53.6 cm³/mol. The highest BCUT2D eigenvalue weighted by molar-refractivity contribution is 5.86. The van der Waals surface area contributed by atoms with E-state index in [-0.39, 0.29) is 11.8 Å². The van der Waals surface area contributed by atoms with Crippen LogP contribution in [0.4, 0.5) is 0 Å². The molecule has 1 N–H and O–H groups in total. The summed E-state index contributed by atoms with van der Waals surface area (Å²) in [7, 11) is 0. The lowest BCUT2D eigenvalue weighted by atomic mass is 10.1. The summed E-state index contributed by atoms with van der Waals surface area (Å²) >= 11 is 0. The molecule has 2 amide bonds. The van der Waals surface area contributed by atoms with Crippen molar-refractivity contribution in [2.24, 2.45) is 0 Å². The van der Waals surface area contributed by atoms with Gasteiger partial charge < -0.3 is 10.2 Å². The molecule has 0 bridgehead atoms. The van der Waals surface area contributed by atoms with E-state index in [1.165, 1.54) is 6.08 Å². The standard InChI is InChI=1S/C10H16N2O2/c1-2-9(13)11-6-8-12-7-4-3-5-10(12)14/h2H,1,3-8H2,(H,11,13). The van der Waals surface area contributed by atoms with Gasteiger partial charge in [0.25, 0.3) is 0 Å². The van der Waals surface area contributed by atoms with E-state index < -0.39 is 0 Å². The molecule has 14 heavy (non-hydrogen) atoms. The van der Waals surface area contributed by atoms with Gasteiger partial charge in [0.05, 0.1) is 0 Å². The third kappa shape index (κ3) is 3.20. The Hall–Kier alpha value is -1.32. The summed E-state index contributed by atoms with van der Waals surface area (Å²) in [6, 6.07) is 0. The van der Waals surface area contributed by atoms with Gasteiger partial charge in [0.1, 0.15) is 0 Å². The predicted octanol–water partition coefficient (Wildman–Crippen LogP) is 0.301. The number of rotatable bonds is 4. The first-order chi connectivity index (χ1) is 6.74. The summed E-state index contributed by atoms with van der Waals surface area (Å²) in [5, 5.41) is 2.65. The Balaban J connectivity index is 2.19. The molecule has 0 atom stereocenters. The van der Waals surface area contributed by atoms with Crippen LogP contribution in [0, 0.1) is 0 Å². The molecule has 0 aromatic heterocycles. The Bertz CT molecular complexity index is 238. The highest BCUT2D eigenvalue weighted by atomic mass is 16.2. The van der Waals surface area contributed by atoms with E-state index in [4.69, 9.17) is 0 Å². The number of carbonyl (C=O) groups excluding carboxylic acids is 2. The second kappa shape index (κ2) is 5.42. The van der Waals surface area contributed by atoms with Crippen molar-refractivity contribution < 1.29 is 9.59 Å². The van der Waals surface area contributed by atoms with Crippen LogP contribution in [0.5, 0.6) is 0 Å². The molecule has 1 fully saturated rings. The maximum absolute atomic E-state index is 11.3. The minimum Gasteiger partial charge on any atom is -0.351 e. The van der Waals surface area contributed by atoms with Crippen molar-refractivity contribution in [3.63, 3.8) is 0 Å². The number of nitrogens with one attached hydrogen (secondary N) is 1. The molecule has 4 nitrogen and oxygen atoms in total. The van der Waals surface area contributed by atoms with Crippen molar-refractivity contribution in [2.75, 3.05) is 19.6 Å². The maximum atomic E-state index is 11.3. The van der Waals surface area contributed by atoms with Crippen molar-refractivity contribution in [3.8, 4) is 0 Å². The second-order valence-electron chi connectivity index (χ2n) is 3.33. The number of amides is 2. The maximum Gasteiger partial charge on any atom is 0.243 e. The first kappa shape index (κ1) is 10.8. The molecule has 1 aliphatic rings. The van der Waals surface area contributed by atoms with Crippen LogP contribution in [-0.2, 0) is 9.59 Å². The van der Waals surface area contributed by atoms with E-state index in [2.05, 4.69) is 11.9 Å². The van der Waals surface area contributed by atoms with Crippen LogP contribution in [0.15, 0.2) is 12.7 Å². The Morgan fingerprint density at radius 2 is 2.36 bits per heavy atom. The fraction of sp³-hybridized carbons (Fsp3) is 0.600. The normalized spacial score (nSPS) is 16.6. The number of hydrogen-bond donors (Lipinski definition) is 1. The van der Waals surface area contributed by atoms with Crippen LogP contribution in [0.1, 0.15) is 19.3 Å². The largest absolute Gasteiger partial charge is 0.351 e. The fourth-order valence-electron chi connectivity index (χ4n) is 1.48. The van der Waals surface area contributed by atoms with Crippen LogP contribution >= 0.6 is 0 Å². The van der Waals surface area contributed by atoms with Gasteiger partial charge in [-0.25, -0.2) is 0 Å². The lowest BCUT2D eigenvalue weighted by Gasteiger charge is -2.26. The van der Waals surface area contributed by atoms with Gasteiger partial charge in [0.2, 0.25) is 11.8 Å². The summed E-state index contributed by atoms with van der Waals surface area (Å²) in [4.78, 5) is 23.9. The zero-order valence-corrected chi connectivity index (χ0v) is 8.29. The summed E-state index contributed by atoms with van der Waals surface area (Å²) in [5.74, 6) is 0.0126. The summed E-state index contributed by atoms with van der Waals surface area (Å²) in [6.07, 6.45) is 3.95. The fourth-order valence-corrected chi connectivity index (χ4v) is 1.48. The van der Waals surface area contributed by atoms with Crippen molar-refractivity contribution in [2.45, 2.75) is 19.3 Å². The Morgan fingerprint density at radius 3 is 3.00 bits per heavy atom. The lowest BCUT2D eigenvalue weighted by molar-refractivity contribution is -0.133. The number of likely N-dealkylation sites (tertiary alicyclic amines) is 1. The first-order valence-electron chi connectivity index (χ1n) is 4.92. The molecular weight excluding hydrogens is 180 g/mol. The Morgan fingerprint density at radius 1 is 1.57 bits per heavy atom. The molecule has 0 radical (unpaired) electrons. The van der Waals surface area contributed by atoms with Gasteiger partial charge in [-0.3, -0.25) is 9.59 Å². The van der Waals surface area contributed by atoms with Crippen molar-refractivity contribution in [3.05, 3.63) is 12.7 Å². The summed E-state index contributed by atoms with van der Waals surface area (Å²) in [5.41, 5.74) is 0. The molecule has 0 unspecified atom stereocenters. The van der Waals surface area contributed by atoms with Gasteiger partial charge in [0, 0.05) is 26.1 Å². The molecule has 1 aliphatic heterocycles. The molecule has 0 spiro atoms. The molecule has 0 saturated carbocycles. The first-order valence-corrected chi connectivity index (χ1v) is 4.92. The number of hydrogen-bond acceptors (Lipinski definition) is 2. The Labute approximate surface area is 84.0 Å². The molecule has 1 saturated heterocycles. The molecular formula is C10H16N2O2. The van der Waals surface area contributed by atoms with E-state index in [0.717, 1.165) is 19.4 Å². The van der Waals surface area contributed by atoms with Gasteiger partial charge in [-0.2, -0.15) is 0 Å². The van der Waals surface area contributed by atoms with E-state index in [9.17, 15) is 9.59 Å². The second-order valence-corrected chi connectivity index (χ2v) is 3.33. The zero-order valence-electron chi connectivity index (χ0n) is 8.29. The van der Waals surface area contributed by atoms with Gasteiger partial charge in [-0.05, 0) is 18.9 Å². The van der Waals surface area contributed by atoms with E-state index in [0.29, 0.717) is 19.5 Å². The summed E-state index contributed by atoms with van der Waals surface area (Å²) in [6.45, 7) is 5.29. The van der Waals surface area contributed by atoms with Gasteiger partial charge >= 0.3 is 0 Å². The monoisotopic (exact) mass is 196 g/mol. The Kier molecular flexibility index (Phi) is 4.16. The minimum absolute atomic E-state index is 0.186. The molecule has 0 aromatic rings. The lowest BCUT2D eigenvalue weighted by Crippen LogP contribution is -2.40. The topological polar surface area (TPSA) is 49.4 Å². The highest BCUT2D eigenvalue weighted by Crippen LogP contribution is 2.09. The number of nitrogens with zero attached hydrogens (tertiary/aromatic N) is 1. The molecule has 4 heteroatoms. The van der Waals surface area contributed by atoms with Crippen LogP contribution in [0.3, 0.4) is 0 Å². The van der Waals surface area contributed by atoms with Crippen LogP contribution in [0.25, 0.3) is 0 Å². The molecule has 0 aliphatic carbocycles. The molecule has 0 aromatic carbocycles. The third-order valence-corrected chi connectivity index (χ3v) is 2.29. The van der Waals surface area contributed by atoms with Crippen LogP contribution < -0.4 is 5.32 Å². The molecule has 1 rings (SSSR count). The summed E-state index contributed by atoms with van der Waals surface area (Å²) < 4.78 is 0. The van der Waals surface area contributed by atoms with Gasteiger partial charge in [-0.15, -0.1) is 0 Å². The zero-order chi connectivity index (χ0) is 10.4. The van der Waals surface area contributed by atoms with Gasteiger partial charge in [-0.1, -0.05) is 6.58 Å². The molecule has 1 heterocycles. The van der Waals surface area contributed by atoms with Crippen molar-refractivity contribution >= 4 is 11.8 Å². The SMILES string of the molecule is C=CC(=O)NCCN1CCCCC1=O. The number of piperidine rings is 1. The quantitative estimate of drug-likeness (QED) is 0.657. The van der Waals surface area contributed by atoms with E-state index in [1.54, 1.807) is 4.90 Å². The minimum atomic E-state index is -0.186. The van der Waals surface area contributed by atoms with E-state index >= 15 is 0 Å². The van der Waals surface area contributed by atoms with E-state index in [1.807, 2.05) is 0 Å². The number of carbonyl (C=O) groups is 2. The third-order valence-electron chi connectivity index (χ3n) is 2.29. The average Bonchev–Trinajstić information content (AvgIpc) is 2.20. The van der Waals surface area contributed by atoms with Crippen molar-refractivity contribution in [1.82, 2.24) is 10.2 Å². The van der Waals surface area contributed by atoms with Crippen molar-refractivity contribution in [1.29, 1.82) is 0 Å². The molecule has 78 valence electrons. The highest BCUT2D eigenvalue weighted by Gasteiger charge is 2.16.